The molecule has 0 aromatic carbocycles. The molecule has 2 aromatic rings. The fourth-order valence-corrected chi connectivity index (χ4v) is 4.48. The van der Waals surface area contributed by atoms with Gasteiger partial charge >= 0.3 is 32.4 Å². The largest absolute Gasteiger partial charge is 0.462 e. The van der Waals surface area contributed by atoms with Crippen LogP contribution in [0.5, 0.6) is 0 Å². The van der Waals surface area contributed by atoms with E-state index >= 15 is 0 Å². The van der Waals surface area contributed by atoms with E-state index in [1.54, 1.807) is 13.8 Å². The van der Waals surface area contributed by atoms with Crippen LogP contribution in [0.25, 0.3) is 0 Å². The van der Waals surface area contributed by atoms with E-state index in [0.29, 0.717) is 0 Å². The molecule has 0 spiro atoms. The lowest BCUT2D eigenvalue weighted by Gasteiger charge is -2.13. The van der Waals surface area contributed by atoms with Crippen molar-refractivity contribution in [2.75, 3.05) is 55.6 Å². The highest BCUT2D eigenvalue weighted by atomic mass is 32.2. The van der Waals surface area contributed by atoms with Crippen molar-refractivity contribution < 1.29 is 45.4 Å². The van der Waals surface area contributed by atoms with E-state index in [2.05, 4.69) is 10.2 Å². The lowest BCUT2D eigenvalue weighted by molar-refractivity contribution is 0.0510. The summed E-state index contributed by atoms with van der Waals surface area (Å²) in [5.74, 6) is -1.30. The first-order valence-corrected chi connectivity index (χ1v) is 13.8. The summed E-state index contributed by atoms with van der Waals surface area (Å²) in [6, 6.07) is 1.34. The quantitative estimate of drug-likeness (QED) is 0.299. The zero-order valence-electron chi connectivity index (χ0n) is 22.6. The molecule has 0 fully saturated rings. The van der Waals surface area contributed by atoms with Gasteiger partial charge in [0.2, 0.25) is 0 Å². The van der Waals surface area contributed by atoms with E-state index in [0.717, 1.165) is 23.0 Å². The number of esters is 2. The van der Waals surface area contributed by atoms with Gasteiger partial charge in [-0.1, -0.05) is 0 Å². The van der Waals surface area contributed by atoms with Crippen molar-refractivity contribution in [3.8, 4) is 0 Å². The van der Waals surface area contributed by atoms with Gasteiger partial charge in [-0.3, -0.25) is 0 Å². The fourth-order valence-electron chi connectivity index (χ4n) is 2.67. The van der Waals surface area contributed by atoms with E-state index in [-0.39, 0.29) is 49.1 Å². The van der Waals surface area contributed by atoms with Gasteiger partial charge in [0.25, 0.3) is 0 Å². The van der Waals surface area contributed by atoms with Crippen LogP contribution >= 0.6 is 0 Å². The Bertz CT molecular complexity index is 1260. The number of rotatable bonds is 12. The molecule has 0 aliphatic rings. The van der Waals surface area contributed by atoms with Crippen LogP contribution in [0.1, 0.15) is 46.1 Å². The molecular weight excluding hydrogens is 548 g/mol. The maximum Gasteiger partial charge on any atom is 0.358 e. The van der Waals surface area contributed by atoms with Crippen molar-refractivity contribution in [2.45, 2.75) is 27.1 Å². The first-order chi connectivity index (χ1) is 17.7. The molecule has 18 heteroatoms. The second-order valence-corrected chi connectivity index (χ2v) is 11.5. The number of nitrogens with zero attached hydrogens (tertiary/aromatic N) is 6. The summed E-state index contributed by atoms with van der Waals surface area (Å²) in [5.41, 5.74) is 0.391. The van der Waals surface area contributed by atoms with Gasteiger partial charge in [0.05, 0.1) is 44.0 Å². The predicted molar refractivity (Wildman–Crippen MR) is 134 cm³/mol. The SMILES string of the molecule is CCOC(=O)c1cc(COC)n(S(=O)(=O)N(C)C)n1.CCOC(=O)c1cnn(S(=O)(=O)N(C)C)c1COC. The van der Waals surface area contributed by atoms with Crippen LogP contribution in [0.4, 0.5) is 0 Å². The molecule has 0 atom stereocenters. The molecule has 38 heavy (non-hydrogen) atoms. The number of carbonyl (C=O) groups is 2. The lowest BCUT2D eigenvalue weighted by atomic mass is 10.2. The van der Waals surface area contributed by atoms with Gasteiger partial charge in [0, 0.05) is 42.4 Å². The number of ether oxygens (including phenoxy) is 4. The Labute approximate surface area is 222 Å². The second kappa shape index (κ2) is 14.3. The maximum absolute atomic E-state index is 12.0. The third-order valence-corrected chi connectivity index (χ3v) is 7.85. The van der Waals surface area contributed by atoms with Crippen molar-refractivity contribution in [3.63, 3.8) is 0 Å². The zero-order chi connectivity index (χ0) is 29.3. The Morgan fingerprint density at radius 1 is 0.842 bits per heavy atom. The highest BCUT2D eigenvalue weighted by Crippen LogP contribution is 2.15. The summed E-state index contributed by atoms with van der Waals surface area (Å²) in [5, 5.41) is 7.51. The predicted octanol–water partition coefficient (Wildman–Crippen LogP) is -0.279. The fraction of sp³-hybridized carbons (Fsp3) is 0.600. The lowest BCUT2D eigenvalue weighted by Crippen LogP contribution is -2.31. The van der Waals surface area contributed by atoms with Crippen molar-refractivity contribution in [2.24, 2.45) is 0 Å². The molecule has 0 aliphatic carbocycles. The van der Waals surface area contributed by atoms with Crippen LogP contribution in [-0.4, -0.2) is 111 Å². The molecule has 0 aliphatic heterocycles. The number of carbonyl (C=O) groups excluding carboxylic acids is 2. The Balaban J connectivity index is 0.000000380. The first-order valence-electron chi connectivity index (χ1n) is 11.0. The standard InChI is InChI=1S/2C10H17N3O5S/c1-5-18-10(14)8-6-11-13(9(8)7-17-4)19(15,16)12(2)3;1-5-18-10(14)9-6-8(7-17-4)13(11-9)19(15,16)12(2)3/h2*6H,5,7H2,1-4H3. The van der Waals surface area contributed by atoms with E-state index in [9.17, 15) is 26.4 Å². The molecule has 0 bridgehead atoms. The van der Waals surface area contributed by atoms with Gasteiger partial charge < -0.3 is 18.9 Å². The smallest absolute Gasteiger partial charge is 0.358 e. The number of methoxy groups -OCH3 is 2. The maximum atomic E-state index is 12.0. The molecule has 0 unspecified atom stereocenters. The molecule has 0 N–H and O–H groups in total. The minimum absolute atomic E-state index is 0.0134. The third-order valence-electron chi connectivity index (χ3n) is 4.49. The molecular formula is C20H34N6O10S2. The summed E-state index contributed by atoms with van der Waals surface area (Å²) >= 11 is 0. The normalized spacial score (nSPS) is 11.8. The van der Waals surface area contributed by atoms with Crippen LogP contribution < -0.4 is 0 Å². The minimum atomic E-state index is -3.81. The average Bonchev–Trinajstić information content (AvgIpc) is 3.46. The summed E-state index contributed by atoms with van der Waals surface area (Å²) < 4.78 is 71.1. The molecule has 2 heterocycles. The Morgan fingerprint density at radius 2 is 1.34 bits per heavy atom. The Hall–Kier alpha value is -2.90. The number of hydrogen-bond acceptors (Lipinski definition) is 12. The van der Waals surface area contributed by atoms with E-state index in [4.69, 9.17) is 18.9 Å². The van der Waals surface area contributed by atoms with Gasteiger partial charge in [0.1, 0.15) is 5.56 Å². The Kier molecular flexibility index (Phi) is 12.5. The average molecular weight is 583 g/mol. The van der Waals surface area contributed by atoms with Crippen molar-refractivity contribution in [1.82, 2.24) is 27.0 Å². The monoisotopic (exact) mass is 582 g/mol. The van der Waals surface area contributed by atoms with Crippen LogP contribution in [0, 0.1) is 0 Å². The van der Waals surface area contributed by atoms with E-state index < -0.39 is 32.4 Å². The zero-order valence-corrected chi connectivity index (χ0v) is 24.2. The van der Waals surface area contributed by atoms with Gasteiger partial charge in [-0.2, -0.15) is 30.5 Å². The van der Waals surface area contributed by atoms with Crippen LogP contribution in [-0.2, 0) is 52.6 Å². The van der Waals surface area contributed by atoms with E-state index in [1.807, 2.05) is 0 Å². The summed E-state index contributed by atoms with van der Waals surface area (Å²) in [7, 11) is 0.696. The minimum Gasteiger partial charge on any atom is -0.462 e. The molecule has 16 nitrogen and oxygen atoms in total. The number of hydrogen-bond donors (Lipinski definition) is 0. The van der Waals surface area contributed by atoms with Gasteiger partial charge in [-0.25, -0.2) is 9.59 Å². The highest BCUT2D eigenvalue weighted by molar-refractivity contribution is 7.87. The van der Waals surface area contributed by atoms with Crippen molar-refractivity contribution in [3.05, 3.63) is 34.9 Å². The first kappa shape index (κ1) is 33.1. The van der Waals surface area contributed by atoms with Gasteiger partial charge in [-0.15, -0.1) is 13.3 Å². The van der Waals surface area contributed by atoms with E-state index in [1.165, 1.54) is 48.5 Å². The molecule has 0 saturated heterocycles. The van der Waals surface area contributed by atoms with Crippen molar-refractivity contribution >= 4 is 32.4 Å². The van der Waals surface area contributed by atoms with Gasteiger partial charge in [-0.05, 0) is 19.9 Å². The molecule has 2 rings (SSSR count). The van der Waals surface area contributed by atoms with Crippen LogP contribution in [0.2, 0.25) is 0 Å². The molecule has 216 valence electrons. The summed E-state index contributed by atoms with van der Waals surface area (Å²) in [4.78, 5) is 23.3. The highest BCUT2D eigenvalue weighted by Gasteiger charge is 2.27. The molecule has 0 radical (unpaired) electrons. The third kappa shape index (κ3) is 7.81. The topological polar surface area (TPSA) is 181 Å². The Morgan fingerprint density at radius 3 is 1.82 bits per heavy atom. The molecule has 0 saturated carbocycles. The van der Waals surface area contributed by atoms with Crippen molar-refractivity contribution in [1.29, 1.82) is 0 Å². The van der Waals surface area contributed by atoms with Crippen LogP contribution in [0.15, 0.2) is 12.3 Å². The second-order valence-electron chi connectivity index (χ2n) is 7.60. The van der Waals surface area contributed by atoms with Crippen LogP contribution in [0.3, 0.4) is 0 Å². The van der Waals surface area contributed by atoms with Gasteiger partial charge in [0.15, 0.2) is 5.69 Å². The summed E-state index contributed by atoms with van der Waals surface area (Å²) in [6.45, 7) is 3.64. The summed E-state index contributed by atoms with van der Waals surface area (Å²) in [6.07, 6.45) is 1.16. The number of aromatic nitrogens is 4. The molecule has 2 aromatic heterocycles. The molecule has 0 amide bonds.